The summed E-state index contributed by atoms with van der Waals surface area (Å²) >= 11 is 1.51. The van der Waals surface area contributed by atoms with Crippen molar-refractivity contribution in [3.63, 3.8) is 0 Å². The van der Waals surface area contributed by atoms with Crippen molar-refractivity contribution in [1.29, 1.82) is 0 Å². The number of hydrogen-bond donors (Lipinski definition) is 2. The van der Waals surface area contributed by atoms with Crippen molar-refractivity contribution in [3.05, 3.63) is 66.2 Å². The van der Waals surface area contributed by atoms with Crippen molar-refractivity contribution in [2.45, 2.75) is 16.2 Å². The predicted octanol–water partition coefficient (Wildman–Crippen LogP) is 3.99. The minimum atomic E-state index is -1.15. The van der Waals surface area contributed by atoms with Crippen LogP contribution in [0.25, 0.3) is 10.8 Å². The fourth-order valence-corrected chi connectivity index (χ4v) is 4.42. The van der Waals surface area contributed by atoms with Gasteiger partial charge >= 0.3 is 0 Å². The highest BCUT2D eigenvalue weighted by Crippen LogP contribution is 2.44. The first-order chi connectivity index (χ1) is 12.2. The lowest BCUT2D eigenvalue weighted by Crippen LogP contribution is -2.33. The van der Waals surface area contributed by atoms with Gasteiger partial charge in [-0.05, 0) is 35.2 Å². The van der Waals surface area contributed by atoms with Crippen LogP contribution in [-0.2, 0) is 4.79 Å². The summed E-state index contributed by atoms with van der Waals surface area (Å²) in [5.74, 6) is 0.348. The van der Waals surface area contributed by atoms with Gasteiger partial charge in [0.05, 0.1) is 12.4 Å². The van der Waals surface area contributed by atoms with Crippen LogP contribution in [0.3, 0.4) is 0 Å². The zero-order chi connectivity index (χ0) is 17.4. The first-order valence-electron chi connectivity index (χ1n) is 7.98. The fourth-order valence-electron chi connectivity index (χ4n) is 3.10. The van der Waals surface area contributed by atoms with Crippen LogP contribution in [0, 0.1) is 0 Å². The van der Waals surface area contributed by atoms with E-state index in [0.717, 1.165) is 32.7 Å². The molecule has 0 fully saturated rings. The normalized spacial score (nSPS) is 19.8. The van der Waals surface area contributed by atoms with Crippen molar-refractivity contribution in [1.82, 2.24) is 0 Å². The standard InChI is InChI=1S/C20H17NO3S/c1-24-14-10-8-13(9-11-14)19-18(22)20(23)21-15-6-2-4-12-5-3-7-16(25-19)17(12)15/h2-11,18-19,22H,1H3,(H,21,23)/t18-,19+/m1/s1. The van der Waals surface area contributed by atoms with E-state index in [2.05, 4.69) is 5.32 Å². The molecule has 0 aliphatic carbocycles. The molecule has 1 aliphatic heterocycles. The monoisotopic (exact) mass is 351 g/mol. The van der Waals surface area contributed by atoms with E-state index < -0.39 is 17.3 Å². The van der Waals surface area contributed by atoms with Crippen LogP contribution in [0.4, 0.5) is 5.69 Å². The van der Waals surface area contributed by atoms with Crippen molar-refractivity contribution < 1.29 is 14.6 Å². The Hall–Kier alpha value is -2.50. The maximum absolute atomic E-state index is 12.5. The summed E-state index contributed by atoms with van der Waals surface area (Å²) in [5.41, 5.74) is 1.61. The van der Waals surface area contributed by atoms with Crippen LogP contribution >= 0.6 is 11.8 Å². The van der Waals surface area contributed by atoms with Gasteiger partial charge in [-0.3, -0.25) is 4.79 Å². The van der Waals surface area contributed by atoms with E-state index in [1.54, 1.807) is 7.11 Å². The molecule has 3 aromatic carbocycles. The van der Waals surface area contributed by atoms with Crippen LogP contribution in [0.5, 0.6) is 5.75 Å². The summed E-state index contributed by atoms with van der Waals surface area (Å²) in [5, 5.41) is 15.2. The molecule has 4 rings (SSSR count). The first-order valence-corrected chi connectivity index (χ1v) is 8.86. The van der Waals surface area contributed by atoms with Crippen molar-refractivity contribution in [2.75, 3.05) is 12.4 Å². The number of carbonyl (C=O) groups excluding carboxylic acids is 1. The van der Waals surface area contributed by atoms with Gasteiger partial charge in [-0.1, -0.05) is 36.4 Å². The lowest BCUT2D eigenvalue weighted by Gasteiger charge is -2.26. The van der Waals surface area contributed by atoms with Crippen LogP contribution in [0.2, 0.25) is 0 Å². The van der Waals surface area contributed by atoms with E-state index in [1.165, 1.54) is 11.8 Å². The van der Waals surface area contributed by atoms with E-state index in [-0.39, 0.29) is 0 Å². The number of hydrogen-bond acceptors (Lipinski definition) is 4. The number of anilines is 1. The minimum Gasteiger partial charge on any atom is -0.497 e. The zero-order valence-corrected chi connectivity index (χ0v) is 14.4. The van der Waals surface area contributed by atoms with Gasteiger partial charge in [-0.15, -0.1) is 11.8 Å². The van der Waals surface area contributed by atoms with Crippen LogP contribution in [0.15, 0.2) is 65.6 Å². The molecule has 0 spiro atoms. The molecule has 126 valence electrons. The molecule has 25 heavy (non-hydrogen) atoms. The maximum Gasteiger partial charge on any atom is 0.254 e. The Kier molecular flexibility index (Phi) is 4.11. The van der Waals surface area contributed by atoms with E-state index in [0.29, 0.717) is 0 Å². The summed E-state index contributed by atoms with van der Waals surface area (Å²) in [6, 6.07) is 19.3. The quantitative estimate of drug-likeness (QED) is 0.733. The maximum atomic E-state index is 12.5. The molecule has 1 aliphatic rings. The Bertz CT molecular complexity index is 934. The third-order valence-electron chi connectivity index (χ3n) is 4.38. The van der Waals surface area contributed by atoms with Gasteiger partial charge < -0.3 is 15.2 Å². The average molecular weight is 351 g/mol. The summed E-state index contributed by atoms with van der Waals surface area (Å²) in [6.45, 7) is 0. The van der Waals surface area contributed by atoms with Crippen molar-refractivity contribution in [3.8, 4) is 5.75 Å². The molecule has 0 saturated carbocycles. The summed E-state index contributed by atoms with van der Waals surface area (Å²) in [4.78, 5) is 13.6. The molecule has 1 amide bonds. The highest BCUT2D eigenvalue weighted by atomic mass is 32.2. The fraction of sp³-hybridized carbons (Fsp3) is 0.150. The SMILES string of the molecule is COc1ccc([C@@H]2Sc3cccc4cccc(c34)NC(=O)[C@@H]2O)cc1. The van der Waals surface area contributed by atoms with E-state index in [4.69, 9.17) is 4.74 Å². The molecule has 4 nitrogen and oxygen atoms in total. The molecule has 0 unspecified atom stereocenters. The molecule has 2 atom stereocenters. The molecule has 2 N–H and O–H groups in total. The number of thioether (sulfide) groups is 1. The minimum absolute atomic E-state index is 0.393. The summed E-state index contributed by atoms with van der Waals surface area (Å²) < 4.78 is 5.19. The Morgan fingerprint density at radius 3 is 2.48 bits per heavy atom. The number of carbonyl (C=O) groups is 1. The second-order valence-corrected chi connectivity index (χ2v) is 7.09. The summed E-state index contributed by atoms with van der Waals surface area (Å²) in [6.07, 6.45) is -1.15. The molecule has 0 bridgehead atoms. The molecular weight excluding hydrogens is 334 g/mol. The summed E-state index contributed by atoms with van der Waals surface area (Å²) in [7, 11) is 1.61. The first kappa shape index (κ1) is 16.0. The third kappa shape index (κ3) is 2.86. The van der Waals surface area contributed by atoms with E-state index in [1.807, 2.05) is 60.7 Å². The number of ether oxygens (including phenoxy) is 1. The Labute approximate surface area is 149 Å². The number of amides is 1. The van der Waals surface area contributed by atoms with Gasteiger partial charge in [-0.25, -0.2) is 0 Å². The van der Waals surface area contributed by atoms with Crippen LogP contribution < -0.4 is 10.1 Å². The number of benzene rings is 3. The topological polar surface area (TPSA) is 58.6 Å². The lowest BCUT2D eigenvalue weighted by molar-refractivity contribution is -0.124. The van der Waals surface area contributed by atoms with Gasteiger partial charge in [0, 0.05) is 16.0 Å². The molecule has 0 radical (unpaired) electrons. The smallest absolute Gasteiger partial charge is 0.254 e. The number of methoxy groups -OCH3 is 1. The zero-order valence-electron chi connectivity index (χ0n) is 13.6. The van der Waals surface area contributed by atoms with E-state index >= 15 is 0 Å². The second-order valence-electron chi connectivity index (χ2n) is 5.91. The molecule has 5 heteroatoms. The van der Waals surface area contributed by atoms with Gasteiger partial charge in [-0.2, -0.15) is 0 Å². The highest BCUT2D eigenvalue weighted by Gasteiger charge is 2.31. The average Bonchev–Trinajstić information content (AvgIpc) is 2.65. The third-order valence-corrected chi connectivity index (χ3v) is 5.76. The second kappa shape index (κ2) is 6.43. The Balaban J connectivity index is 1.84. The van der Waals surface area contributed by atoms with Gasteiger partial charge in [0.25, 0.3) is 5.91 Å². The molecule has 0 aromatic heterocycles. The van der Waals surface area contributed by atoms with Crippen molar-refractivity contribution >= 4 is 34.1 Å². The highest BCUT2D eigenvalue weighted by molar-refractivity contribution is 7.99. The van der Waals surface area contributed by atoms with Gasteiger partial charge in [0.1, 0.15) is 11.9 Å². The Morgan fingerprint density at radius 2 is 1.76 bits per heavy atom. The van der Waals surface area contributed by atoms with Gasteiger partial charge in [0.15, 0.2) is 0 Å². The molecule has 0 saturated heterocycles. The number of aliphatic hydroxyl groups is 1. The predicted molar refractivity (Wildman–Crippen MR) is 100 cm³/mol. The number of rotatable bonds is 2. The largest absolute Gasteiger partial charge is 0.497 e. The molecule has 1 heterocycles. The van der Waals surface area contributed by atoms with Gasteiger partial charge in [0.2, 0.25) is 0 Å². The molecule has 3 aromatic rings. The van der Waals surface area contributed by atoms with E-state index in [9.17, 15) is 9.90 Å². The number of nitrogens with one attached hydrogen (secondary N) is 1. The lowest BCUT2D eigenvalue weighted by atomic mass is 10.0. The van der Waals surface area contributed by atoms with Crippen LogP contribution in [0.1, 0.15) is 10.8 Å². The van der Waals surface area contributed by atoms with Crippen LogP contribution in [-0.4, -0.2) is 24.2 Å². The number of aliphatic hydroxyl groups excluding tert-OH is 1. The Morgan fingerprint density at radius 1 is 1.04 bits per heavy atom. The van der Waals surface area contributed by atoms with Crippen molar-refractivity contribution in [2.24, 2.45) is 0 Å². The molecular formula is C20H17NO3S.